The van der Waals surface area contributed by atoms with E-state index < -0.39 is 5.97 Å². The number of aromatic carboxylic acids is 1. The van der Waals surface area contributed by atoms with Crippen LogP contribution in [0.1, 0.15) is 10.4 Å². The first-order chi connectivity index (χ1) is 9.45. The molecule has 0 atom stereocenters. The van der Waals surface area contributed by atoms with Gasteiger partial charge in [-0.15, -0.1) is 0 Å². The van der Waals surface area contributed by atoms with Crippen molar-refractivity contribution in [2.75, 3.05) is 38.8 Å². The van der Waals surface area contributed by atoms with Crippen LogP contribution in [0.5, 0.6) is 0 Å². The Labute approximate surface area is 122 Å². The van der Waals surface area contributed by atoms with Gasteiger partial charge in [-0.05, 0) is 18.2 Å². The lowest BCUT2D eigenvalue weighted by Gasteiger charge is -2.20. The van der Waals surface area contributed by atoms with Crippen molar-refractivity contribution >= 4 is 29.2 Å². The summed E-state index contributed by atoms with van der Waals surface area (Å²) in [6.45, 7) is 0.887. The fourth-order valence-electron chi connectivity index (χ4n) is 1.66. The maximum atomic E-state index is 11.7. The normalized spacial score (nSPS) is 10.2. The molecule has 110 valence electrons. The summed E-state index contributed by atoms with van der Waals surface area (Å²) in [6, 6.07) is 4.52. The maximum Gasteiger partial charge on any atom is 0.337 e. The van der Waals surface area contributed by atoms with Gasteiger partial charge in [-0.2, -0.15) is 0 Å². The molecule has 0 aliphatic carbocycles. The lowest BCUT2D eigenvalue weighted by Crippen LogP contribution is -2.37. The van der Waals surface area contributed by atoms with E-state index in [0.717, 1.165) is 0 Å². The lowest BCUT2D eigenvalue weighted by atomic mass is 10.1. The molecular formula is C13H17ClN2O4. The summed E-state index contributed by atoms with van der Waals surface area (Å²) in [5.41, 5.74) is 0.494. The highest BCUT2D eigenvalue weighted by Gasteiger charge is 2.16. The summed E-state index contributed by atoms with van der Waals surface area (Å²) < 4.78 is 4.82. The smallest absolute Gasteiger partial charge is 0.337 e. The van der Waals surface area contributed by atoms with Gasteiger partial charge in [0.2, 0.25) is 5.91 Å². The summed E-state index contributed by atoms with van der Waals surface area (Å²) >= 11 is 5.78. The zero-order valence-electron chi connectivity index (χ0n) is 11.4. The summed E-state index contributed by atoms with van der Waals surface area (Å²) in [4.78, 5) is 24.4. The number of carboxylic acid groups (broad SMARTS) is 1. The van der Waals surface area contributed by atoms with Crippen LogP contribution < -0.4 is 10.2 Å². The van der Waals surface area contributed by atoms with Crippen molar-refractivity contribution in [2.45, 2.75) is 0 Å². The summed E-state index contributed by atoms with van der Waals surface area (Å²) in [7, 11) is 3.19. The highest BCUT2D eigenvalue weighted by atomic mass is 35.5. The zero-order chi connectivity index (χ0) is 15.1. The molecule has 7 heteroatoms. The molecule has 0 aromatic heterocycles. The third kappa shape index (κ3) is 4.71. The first kappa shape index (κ1) is 16.3. The van der Waals surface area contributed by atoms with Crippen molar-refractivity contribution in [3.63, 3.8) is 0 Å². The quantitative estimate of drug-likeness (QED) is 0.741. The number of carbonyl (C=O) groups excluding carboxylic acids is 1. The maximum absolute atomic E-state index is 11.7. The average Bonchev–Trinajstić information content (AvgIpc) is 2.38. The van der Waals surface area contributed by atoms with E-state index in [4.69, 9.17) is 21.4 Å². The number of carboxylic acids is 1. The Hall–Kier alpha value is -1.79. The fourth-order valence-corrected chi connectivity index (χ4v) is 1.83. The van der Waals surface area contributed by atoms with Gasteiger partial charge in [-0.1, -0.05) is 11.6 Å². The third-order valence-corrected chi connectivity index (χ3v) is 2.84. The van der Waals surface area contributed by atoms with E-state index in [-0.39, 0.29) is 18.0 Å². The minimum Gasteiger partial charge on any atom is -0.478 e. The van der Waals surface area contributed by atoms with Crippen LogP contribution in [0.25, 0.3) is 0 Å². The van der Waals surface area contributed by atoms with Gasteiger partial charge in [0, 0.05) is 25.7 Å². The second-order valence-corrected chi connectivity index (χ2v) is 4.60. The number of anilines is 1. The van der Waals surface area contributed by atoms with Crippen molar-refractivity contribution in [1.82, 2.24) is 5.32 Å². The van der Waals surface area contributed by atoms with Crippen LogP contribution in [0.2, 0.25) is 5.02 Å². The second kappa shape index (κ2) is 7.72. The highest BCUT2D eigenvalue weighted by molar-refractivity contribution is 6.31. The van der Waals surface area contributed by atoms with E-state index in [1.807, 2.05) is 0 Å². The number of amides is 1. The number of hydrogen-bond donors (Lipinski definition) is 2. The van der Waals surface area contributed by atoms with Crippen molar-refractivity contribution in [2.24, 2.45) is 0 Å². The summed E-state index contributed by atoms with van der Waals surface area (Å²) in [5.74, 6) is -1.30. The summed E-state index contributed by atoms with van der Waals surface area (Å²) in [6.07, 6.45) is 0. The average molecular weight is 301 g/mol. The number of nitrogens with zero attached hydrogens (tertiary/aromatic N) is 1. The molecule has 1 aromatic carbocycles. The number of nitrogens with one attached hydrogen (secondary N) is 1. The minimum absolute atomic E-state index is 0.0472. The van der Waals surface area contributed by atoms with Crippen LogP contribution in [0.15, 0.2) is 18.2 Å². The molecule has 0 spiro atoms. The van der Waals surface area contributed by atoms with Gasteiger partial charge in [0.15, 0.2) is 0 Å². The molecule has 1 aromatic rings. The van der Waals surface area contributed by atoms with Crippen LogP contribution in [-0.4, -0.2) is 50.8 Å². The van der Waals surface area contributed by atoms with Gasteiger partial charge in [-0.25, -0.2) is 4.79 Å². The summed E-state index contributed by atoms with van der Waals surface area (Å²) in [5, 5.41) is 12.1. The van der Waals surface area contributed by atoms with Crippen molar-refractivity contribution in [3.05, 3.63) is 28.8 Å². The predicted octanol–water partition coefficient (Wildman–Crippen LogP) is 1.24. The standard InChI is InChI=1S/C13H17ClN2O4/c1-16(8-12(17)15-5-6-20-2)11-4-3-9(14)7-10(11)13(18)19/h3-4,7H,5-6,8H2,1-2H3,(H,15,17)(H,18,19). The molecule has 0 saturated carbocycles. The van der Waals surface area contributed by atoms with Crippen molar-refractivity contribution < 1.29 is 19.4 Å². The Morgan fingerprint density at radius 3 is 2.75 bits per heavy atom. The topological polar surface area (TPSA) is 78.9 Å². The van der Waals surface area contributed by atoms with Gasteiger partial charge in [0.25, 0.3) is 0 Å². The third-order valence-electron chi connectivity index (χ3n) is 2.61. The van der Waals surface area contributed by atoms with Crippen LogP contribution in [0.3, 0.4) is 0 Å². The minimum atomic E-state index is -1.09. The van der Waals surface area contributed by atoms with E-state index in [1.165, 1.54) is 6.07 Å². The molecular weight excluding hydrogens is 284 g/mol. The molecule has 0 radical (unpaired) electrons. The Morgan fingerprint density at radius 2 is 2.15 bits per heavy atom. The Morgan fingerprint density at radius 1 is 1.45 bits per heavy atom. The van der Waals surface area contributed by atoms with E-state index in [9.17, 15) is 9.59 Å². The molecule has 1 rings (SSSR count). The first-order valence-corrected chi connectivity index (χ1v) is 6.33. The molecule has 1 amide bonds. The highest BCUT2D eigenvalue weighted by Crippen LogP contribution is 2.23. The fraction of sp³-hybridized carbons (Fsp3) is 0.385. The first-order valence-electron chi connectivity index (χ1n) is 5.95. The molecule has 20 heavy (non-hydrogen) atoms. The molecule has 6 nitrogen and oxygen atoms in total. The van der Waals surface area contributed by atoms with Gasteiger partial charge in [-0.3, -0.25) is 4.79 Å². The molecule has 0 heterocycles. The second-order valence-electron chi connectivity index (χ2n) is 4.17. The van der Waals surface area contributed by atoms with E-state index in [1.54, 1.807) is 31.2 Å². The van der Waals surface area contributed by atoms with E-state index >= 15 is 0 Å². The van der Waals surface area contributed by atoms with Gasteiger partial charge in [0.1, 0.15) is 0 Å². The van der Waals surface area contributed by atoms with Gasteiger partial charge in [0.05, 0.1) is 24.4 Å². The van der Waals surface area contributed by atoms with Crippen LogP contribution in [-0.2, 0) is 9.53 Å². The number of carbonyl (C=O) groups is 2. The van der Waals surface area contributed by atoms with Crippen LogP contribution in [0.4, 0.5) is 5.69 Å². The van der Waals surface area contributed by atoms with Crippen molar-refractivity contribution in [3.8, 4) is 0 Å². The molecule has 0 fully saturated rings. The van der Waals surface area contributed by atoms with Crippen LogP contribution >= 0.6 is 11.6 Å². The largest absolute Gasteiger partial charge is 0.478 e. The van der Waals surface area contributed by atoms with Crippen LogP contribution in [0, 0.1) is 0 Å². The van der Waals surface area contributed by atoms with E-state index in [2.05, 4.69) is 5.32 Å². The molecule has 0 unspecified atom stereocenters. The number of halogens is 1. The number of likely N-dealkylation sites (N-methyl/N-ethyl adjacent to an activating group) is 1. The van der Waals surface area contributed by atoms with Gasteiger partial charge < -0.3 is 20.1 Å². The number of rotatable bonds is 7. The number of hydrogen-bond acceptors (Lipinski definition) is 4. The van der Waals surface area contributed by atoms with E-state index in [0.29, 0.717) is 23.9 Å². The number of benzene rings is 1. The Kier molecular flexibility index (Phi) is 6.27. The number of ether oxygens (including phenoxy) is 1. The van der Waals surface area contributed by atoms with Crippen molar-refractivity contribution in [1.29, 1.82) is 0 Å². The number of methoxy groups -OCH3 is 1. The lowest BCUT2D eigenvalue weighted by molar-refractivity contribution is -0.119. The Balaban J connectivity index is 2.74. The molecule has 0 saturated heterocycles. The SMILES string of the molecule is COCCNC(=O)CN(C)c1ccc(Cl)cc1C(=O)O. The molecule has 0 aliphatic heterocycles. The molecule has 0 bridgehead atoms. The molecule has 0 aliphatic rings. The predicted molar refractivity (Wildman–Crippen MR) is 76.6 cm³/mol. The Bertz CT molecular complexity index is 493. The zero-order valence-corrected chi connectivity index (χ0v) is 12.1. The van der Waals surface area contributed by atoms with Gasteiger partial charge >= 0.3 is 5.97 Å². The molecule has 2 N–H and O–H groups in total. The monoisotopic (exact) mass is 300 g/mol.